The van der Waals surface area contributed by atoms with Crippen LogP contribution in [0.15, 0.2) is 42.5 Å². The van der Waals surface area contributed by atoms with E-state index in [0.717, 1.165) is 5.69 Å². The van der Waals surface area contributed by atoms with E-state index in [0.29, 0.717) is 21.5 Å². The maximum Gasteiger partial charge on any atom is 0.262 e. The van der Waals surface area contributed by atoms with Crippen LogP contribution in [0.25, 0.3) is 0 Å². The average Bonchev–Trinajstić information content (AvgIpc) is 2.50. The van der Waals surface area contributed by atoms with Crippen LogP contribution in [-0.4, -0.2) is 19.6 Å². The quantitative estimate of drug-likeness (QED) is 0.872. The first-order valence-electron chi connectivity index (χ1n) is 6.24. The van der Waals surface area contributed by atoms with Crippen molar-refractivity contribution in [2.75, 3.05) is 24.3 Å². The molecular weight excluding hydrogens is 311 g/mol. The monoisotopic (exact) mass is 324 g/mol. The van der Waals surface area contributed by atoms with Gasteiger partial charge < -0.3 is 15.4 Å². The van der Waals surface area contributed by atoms with E-state index in [1.165, 1.54) is 0 Å². The molecule has 110 valence electrons. The third kappa shape index (κ3) is 4.28. The molecule has 0 aromatic heterocycles. The Morgan fingerprint density at radius 3 is 2.52 bits per heavy atom. The van der Waals surface area contributed by atoms with Gasteiger partial charge in [-0.05, 0) is 36.4 Å². The Bertz CT molecular complexity index is 630. The van der Waals surface area contributed by atoms with Gasteiger partial charge in [0, 0.05) is 12.7 Å². The molecule has 0 saturated carbocycles. The summed E-state index contributed by atoms with van der Waals surface area (Å²) in [4.78, 5) is 11.8. The molecule has 0 atom stereocenters. The summed E-state index contributed by atoms with van der Waals surface area (Å²) in [6.07, 6.45) is 0. The van der Waals surface area contributed by atoms with Crippen molar-refractivity contribution in [2.45, 2.75) is 0 Å². The first-order valence-corrected chi connectivity index (χ1v) is 7.00. The third-order valence-corrected chi connectivity index (χ3v) is 3.56. The van der Waals surface area contributed by atoms with E-state index >= 15 is 0 Å². The molecule has 2 rings (SSSR count). The van der Waals surface area contributed by atoms with Crippen molar-refractivity contribution in [3.05, 3.63) is 52.5 Å². The number of rotatable bonds is 5. The van der Waals surface area contributed by atoms with Gasteiger partial charge in [-0.25, -0.2) is 0 Å². The zero-order valence-electron chi connectivity index (χ0n) is 11.3. The van der Waals surface area contributed by atoms with Crippen LogP contribution >= 0.6 is 23.2 Å². The Morgan fingerprint density at radius 2 is 1.86 bits per heavy atom. The number of ether oxygens (including phenoxy) is 1. The molecule has 0 unspecified atom stereocenters. The fourth-order valence-corrected chi connectivity index (χ4v) is 2.00. The highest BCUT2D eigenvalue weighted by molar-refractivity contribution is 6.43. The van der Waals surface area contributed by atoms with E-state index in [1.54, 1.807) is 30.3 Å². The van der Waals surface area contributed by atoms with Gasteiger partial charge >= 0.3 is 0 Å². The van der Waals surface area contributed by atoms with Gasteiger partial charge in [0.15, 0.2) is 6.61 Å². The number of carbonyl (C=O) groups excluding carboxylic acids is 1. The smallest absolute Gasteiger partial charge is 0.262 e. The van der Waals surface area contributed by atoms with Crippen molar-refractivity contribution in [1.82, 2.24) is 0 Å². The van der Waals surface area contributed by atoms with Gasteiger partial charge in [-0.1, -0.05) is 29.3 Å². The van der Waals surface area contributed by atoms with Crippen molar-refractivity contribution >= 4 is 40.5 Å². The Labute approximate surface area is 133 Å². The van der Waals surface area contributed by atoms with Gasteiger partial charge in [0.1, 0.15) is 5.75 Å². The molecule has 0 bridgehead atoms. The van der Waals surface area contributed by atoms with Crippen molar-refractivity contribution in [2.24, 2.45) is 0 Å². The van der Waals surface area contributed by atoms with Crippen LogP contribution in [0.1, 0.15) is 0 Å². The zero-order valence-corrected chi connectivity index (χ0v) is 12.8. The highest BCUT2D eigenvalue weighted by Gasteiger charge is 2.08. The van der Waals surface area contributed by atoms with E-state index in [9.17, 15) is 4.79 Å². The largest absolute Gasteiger partial charge is 0.484 e. The molecule has 21 heavy (non-hydrogen) atoms. The van der Waals surface area contributed by atoms with Crippen molar-refractivity contribution in [3.63, 3.8) is 0 Å². The fourth-order valence-electron chi connectivity index (χ4n) is 1.65. The lowest BCUT2D eigenvalue weighted by Crippen LogP contribution is -2.20. The molecule has 0 aliphatic heterocycles. The van der Waals surface area contributed by atoms with Gasteiger partial charge in [0.25, 0.3) is 5.91 Å². The Morgan fingerprint density at radius 1 is 1.14 bits per heavy atom. The third-order valence-electron chi connectivity index (χ3n) is 2.74. The summed E-state index contributed by atoms with van der Waals surface area (Å²) in [7, 11) is 1.83. The summed E-state index contributed by atoms with van der Waals surface area (Å²) < 4.78 is 5.39. The highest BCUT2D eigenvalue weighted by Crippen LogP contribution is 2.29. The molecule has 2 aromatic carbocycles. The summed E-state index contributed by atoms with van der Waals surface area (Å²) in [6, 6.07) is 12.3. The second-order valence-corrected chi connectivity index (χ2v) is 5.00. The van der Waals surface area contributed by atoms with Crippen LogP contribution in [0.4, 0.5) is 11.4 Å². The first kappa shape index (κ1) is 15.5. The van der Waals surface area contributed by atoms with Crippen LogP contribution < -0.4 is 15.4 Å². The van der Waals surface area contributed by atoms with Crippen LogP contribution in [0.3, 0.4) is 0 Å². The van der Waals surface area contributed by atoms with E-state index < -0.39 is 0 Å². The second kappa shape index (κ2) is 7.20. The summed E-state index contributed by atoms with van der Waals surface area (Å²) in [5.74, 6) is 0.304. The lowest BCUT2D eigenvalue weighted by molar-refractivity contribution is -0.118. The van der Waals surface area contributed by atoms with Crippen molar-refractivity contribution < 1.29 is 9.53 Å². The molecule has 0 aliphatic carbocycles. The van der Waals surface area contributed by atoms with Crippen molar-refractivity contribution in [1.29, 1.82) is 0 Å². The minimum Gasteiger partial charge on any atom is -0.484 e. The molecule has 2 N–H and O–H groups in total. The van der Waals surface area contributed by atoms with Gasteiger partial charge in [0.2, 0.25) is 0 Å². The van der Waals surface area contributed by atoms with Crippen LogP contribution in [0.5, 0.6) is 5.75 Å². The lowest BCUT2D eigenvalue weighted by Gasteiger charge is -2.10. The predicted molar refractivity (Wildman–Crippen MR) is 86.6 cm³/mol. The molecule has 0 heterocycles. The standard InChI is InChI=1S/C15H14Cl2N2O2/c1-18-10-5-7-11(8-6-10)21-9-14(20)19-13-4-2-3-12(16)15(13)17/h2-8,18H,9H2,1H3,(H,19,20). The number of benzene rings is 2. The minimum absolute atomic E-state index is 0.109. The predicted octanol–water partition coefficient (Wildman–Crippen LogP) is 4.05. The number of hydrogen-bond donors (Lipinski definition) is 2. The number of amides is 1. The Kier molecular flexibility index (Phi) is 5.31. The summed E-state index contributed by atoms with van der Waals surface area (Å²) in [5.41, 5.74) is 1.43. The van der Waals surface area contributed by atoms with E-state index in [4.69, 9.17) is 27.9 Å². The highest BCUT2D eigenvalue weighted by atomic mass is 35.5. The minimum atomic E-state index is -0.308. The van der Waals surface area contributed by atoms with Crippen LogP contribution in [0.2, 0.25) is 10.0 Å². The number of hydrogen-bond acceptors (Lipinski definition) is 3. The van der Waals surface area contributed by atoms with Gasteiger partial charge in [0.05, 0.1) is 15.7 Å². The second-order valence-electron chi connectivity index (χ2n) is 4.21. The molecule has 1 amide bonds. The number of anilines is 2. The number of nitrogens with one attached hydrogen (secondary N) is 2. The average molecular weight is 325 g/mol. The Hall–Kier alpha value is -1.91. The molecule has 2 aromatic rings. The first-order chi connectivity index (χ1) is 10.1. The van der Waals surface area contributed by atoms with E-state index in [-0.39, 0.29) is 12.5 Å². The van der Waals surface area contributed by atoms with E-state index in [1.807, 2.05) is 19.2 Å². The topological polar surface area (TPSA) is 50.4 Å². The molecule has 0 radical (unpaired) electrons. The molecule has 0 aliphatic rings. The summed E-state index contributed by atoms with van der Waals surface area (Å²) in [5, 5.41) is 6.35. The van der Waals surface area contributed by atoms with Crippen molar-refractivity contribution in [3.8, 4) is 5.75 Å². The normalized spacial score (nSPS) is 10.0. The van der Waals surface area contributed by atoms with Gasteiger partial charge in [-0.15, -0.1) is 0 Å². The molecule has 6 heteroatoms. The maximum absolute atomic E-state index is 11.8. The van der Waals surface area contributed by atoms with Crippen LogP contribution in [-0.2, 0) is 4.79 Å². The SMILES string of the molecule is CNc1ccc(OCC(=O)Nc2cccc(Cl)c2Cl)cc1. The summed E-state index contributed by atoms with van der Waals surface area (Å²) in [6.45, 7) is -0.109. The maximum atomic E-state index is 11.8. The Balaban J connectivity index is 1.91. The van der Waals surface area contributed by atoms with Gasteiger partial charge in [-0.2, -0.15) is 0 Å². The van der Waals surface area contributed by atoms with E-state index in [2.05, 4.69) is 10.6 Å². The summed E-state index contributed by atoms with van der Waals surface area (Å²) >= 11 is 11.9. The number of halogens is 2. The molecule has 0 spiro atoms. The zero-order chi connectivity index (χ0) is 15.2. The van der Waals surface area contributed by atoms with Gasteiger partial charge in [-0.3, -0.25) is 4.79 Å². The molecule has 0 fully saturated rings. The lowest BCUT2D eigenvalue weighted by atomic mass is 10.3. The molecule has 4 nitrogen and oxygen atoms in total. The molecular formula is C15H14Cl2N2O2. The fraction of sp³-hybridized carbons (Fsp3) is 0.133. The van der Waals surface area contributed by atoms with Crippen LogP contribution in [0, 0.1) is 0 Å². The number of carbonyl (C=O) groups is 1. The molecule has 0 saturated heterocycles.